The molecule has 0 saturated carbocycles. The van der Waals surface area contributed by atoms with Crippen molar-refractivity contribution in [1.82, 2.24) is 10.2 Å². The molecule has 1 aliphatic heterocycles. The maximum absolute atomic E-state index is 12.2. The van der Waals surface area contributed by atoms with E-state index in [1.807, 2.05) is 27.8 Å². The molecule has 1 amide bonds. The molecule has 0 radical (unpaired) electrons. The molecule has 0 bridgehead atoms. The number of nitrogens with one attached hydrogen (secondary N) is 1. The van der Waals surface area contributed by atoms with Crippen molar-refractivity contribution in [2.75, 3.05) is 20.1 Å². The molecule has 1 fully saturated rings. The number of piperidine rings is 1. The van der Waals surface area contributed by atoms with E-state index in [-0.39, 0.29) is 12.1 Å². The van der Waals surface area contributed by atoms with E-state index in [2.05, 4.69) is 19.2 Å². The molecule has 1 N–H and O–H groups in total. The van der Waals surface area contributed by atoms with Crippen LogP contribution in [0.15, 0.2) is 0 Å². The first-order chi connectivity index (χ1) is 8.72. The summed E-state index contributed by atoms with van der Waals surface area (Å²) in [5.74, 6) is 0.952. The van der Waals surface area contributed by atoms with E-state index in [9.17, 15) is 4.79 Å². The smallest absolute Gasteiger partial charge is 0.410 e. The summed E-state index contributed by atoms with van der Waals surface area (Å²) in [5, 5.41) is 3.43. The summed E-state index contributed by atoms with van der Waals surface area (Å²) in [6.45, 7) is 12.2. The minimum Gasteiger partial charge on any atom is -0.444 e. The zero-order chi connectivity index (χ0) is 14.6. The van der Waals surface area contributed by atoms with Crippen molar-refractivity contribution in [3.63, 3.8) is 0 Å². The van der Waals surface area contributed by atoms with Crippen LogP contribution in [0.2, 0.25) is 0 Å². The van der Waals surface area contributed by atoms with Crippen LogP contribution in [0, 0.1) is 11.8 Å². The SMILES string of the molecule is CC(C)[C@@H]([C@H]1CCCNC1)N(C)C(=O)OC(C)(C)C. The molecule has 0 spiro atoms. The van der Waals surface area contributed by atoms with Gasteiger partial charge in [-0.25, -0.2) is 4.79 Å². The molecule has 1 aliphatic rings. The van der Waals surface area contributed by atoms with E-state index in [0.717, 1.165) is 13.1 Å². The number of hydrogen-bond donors (Lipinski definition) is 1. The Balaban J connectivity index is 2.72. The average Bonchev–Trinajstić information content (AvgIpc) is 2.27. The van der Waals surface area contributed by atoms with Gasteiger partial charge in [0.05, 0.1) is 0 Å². The summed E-state index contributed by atoms with van der Waals surface area (Å²) in [4.78, 5) is 14.0. The maximum Gasteiger partial charge on any atom is 0.410 e. The minimum atomic E-state index is -0.433. The molecule has 1 rings (SSSR count). The molecule has 0 unspecified atom stereocenters. The summed E-state index contributed by atoms with van der Waals surface area (Å²) in [5.41, 5.74) is -0.433. The third kappa shape index (κ3) is 5.01. The first-order valence-electron chi connectivity index (χ1n) is 7.39. The Morgan fingerprint density at radius 2 is 2.00 bits per heavy atom. The minimum absolute atomic E-state index is 0.211. The van der Waals surface area contributed by atoms with E-state index in [1.54, 1.807) is 4.90 Å². The number of carbonyl (C=O) groups excluding carboxylic acids is 1. The van der Waals surface area contributed by atoms with Gasteiger partial charge in [0.2, 0.25) is 0 Å². The standard InChI is InChI=1S/C15H30N2O2/c1-11(2)13(12-8-7-9-16-10-12)17(6)14(18)19-15(3,4)5/h11-13,16H,7-10H2,1-6H3/t12-,13-/m0/s1. The van der Waals surface area contributed by atoms with Crippen molar-refractivity contribution in [2.45, 2.75) is 59.1 Å². The highest BCUT2D eigenvalue weighted by Gasteiger charge is 2.33. The first-order valence-corrected chi connectivity index (χ1v) is 7.39. The molecular weight excluding hydrogens is 240 g/mol. The van der Waals surface area contributed by atoms with E-state index >= 15 is 0 Å². The lowest BCUT2D eigenvalue weighted by Gasteiger charge is -2.39. The first kappa shape index (κ1) is 16.3. The summed E-state index contributed by atoms with van der Waals surface area (Å²) in [6, 6.07) is 0.239. The van der Waals surface area contributed by atoms with E-state index in [1.165, 1.54) is 12.8 Å². The van der Waals surface area contributed by atoms with Crippen molar-refractivity contribution in [2.24, 2.45) is 11.8 Å². The van der Waals surface area contributed by atoms with Crippen LogP contribution >= 0.6 is 0 Å². The Labute approximate surface area is 117 Å². The number of carbonyl (C=O) groups is 1. The Morgan fingerprint density at radius 1 is 1.37 bits per heavy atom. The molecular formula is C15H30N2O2. The van der Waals surface area contributed by atoms with Crippen LogP contribution in [0.1, 0.15) is 47.5 Å². The highest BCUT2D eigenvalue weighted by molar-refractivity contribution is 5.68. The molecule has 4 nitrogen and oxygen atoms in total. The van der Waals surface area contributed by atoms with Crippen LogP contribution in [-0.4, -0.2) is 42.8 Å². The molecule has 112 valence electrons. The Kier molecular flexibility index (Phi) is 5.65. The number of ether oxygens (including phenoxy) is 1. The number of hydrogen-bond acceptors (Lipinski definition) is 3. The zero-order valence-corrected chi connectivity index (χ0v) is 13.3. The van der Waals surface area contributed by atoms with E-state index in [4.69, 9.17) is 4.74 Å². The van der Waals surface area contributed by atoms with Crippen LogP contribution in [0.4, 0.5) is 4.79 Å². The Bertz CT molecular complexity index is 291. The van der Waals surface area contributed by atoms with Gasteiger partial charge in [-0.1, -0.05) is 13.8 Å². The van der Waals surface area contributed by atoms with Gasteiger partial charge in [-0.2, -0.15) is 0 Å². The second kappa shape index (κ2) is 6.60. The number of amides is 1. The molecule has 4 heteroatoms. The monoisotopic (exact) mass is 270 g/mol. The highest BCUT2D eigenvalue weighted by Crippen LogP contribution is 2.25. The van der Waals surface area contributed by atoms with Gasteiger partial charge in [0.25, 0.3) is 0 Å². The average molecular weight is 270 g/mol. The predicted octanol–water partition coefficient (Wildman–Crippen LogP) is 2.88. The molecule has 1 saturated heterocycles. The fraction of sp³-hybridized carbons (Fsp3) is 0.933. The van der Waals surface area contributed by atoms with Gasteiger partial charge < -0.3 is 15.0 Å². The highest BCUT2D eigenvalue weighted by atomic mass is 16.6. The van der Waals surface area contributed by atoms with Crippen molar-refractivity contribution in [3.8, 4) is 0 Å². The summed E-state index contributed by atoms with van der Waals surface area (Å²) >= 11 is 0. The van der Waals surface area contributed by atoms with Crippen molar-refractivity contribution >= 4 is 6.09 Å². The van der Waals surface area contributed by atoms with Gasteiger partial charge in [-0.3, -0.25) is 0 Å². The van der Waals surface area contributed by atoms with Gasteiger partial charge >= 0.3 is 6.09 Å². The third-order valence-corrected chi connectivity index (χ3v) is 3.63. The molecule has 19 heavy (non-hydrogen) atoms. The van der Waals surface area contributed by atoms with Crippen LogP contribution in [0.25, 0.3) is 0 Å². The normalized spacial score (nSPS) is 22.2. The van der Waals surface area contributed by atoms with Crippen LogP contribution in [0.5, 0.6) is 0 Å². The maximum atomic E-state index is 12.2. The summed E-state index contributed by atoms with van der Waals surface area (Å²) in [7, 11) is 1.87. The molecule has 0 aliphatic carbocycles. The molecule has 0 aromatic heterocycles. The van der Waals surface area contributed by atoms with Crippen molar-refractivity contribution < 1.29 is 9.53 Å². The predicted molar refractivity (Wildman–Crippen MR) is 78.2 cm³/mol. The lowest BCUT2D eigenvalue weighted by Crippen LogP contribution is -2.50. The largest absolute Gasteiger partial charge is 0.444 e. The third-order valence-electron chi connectivity index (χ3n) is 3.63. The van der Waals surface area contributed by atoms with Crippen LogP contribution in [0.3, 0.4) is 0 Å². The Hall–Kier alpha value is -0.770. The Morgan fingerprint density at radius 3 is 2.42 bits per heavy atom. The van der Waals surface area contributed by atoms with Crippen LogP contribution in [-0.2, 0) is 4.74 Å². The van der Waals surface area contributed by atoms with Gasteiger partial charge in [0, 0.05) is 13.1 Å². The van der Waals surface area contributed by atoms with Crippen molar-refractivity contribution in [3.05, 3.63) is 0 Å². The van der Waals surface area contributed by atoms with Gasteiger partial charge in [-0.15, -0.1) is 0 Å². The second-order valence-corrected chi connectivity index (χ2v) is 6.93. The van der Waals surface area contributed by atoms with Crippen molar-refractivity contribution in [1.29, 1.82) is 0 Å². The summed E-state index contributed by atoms with van der Waals surface area (Å²) in [6.07, 6.45) is 2.16. The van der Waals surface area contributed by atoms with E-state index in [0.29, 0.717) is 11.8 Å². The number of rotatable bonds is 3. The second-order valence-electron chi connectivity index (χ2n) is 6.93. The summed E-state index contributed by atoms with van der Waals surface area (Å²) < 4.78 is 5.49. The molecule has 1 heterocycles. The topological polar surface area (TPSA) is 41.6 Å². The fourth-order valence-corrected chi connectivity index (χ4v) is 2.93. The fourth-order valence-electron chi connectivity index (χ4n) is 2.93. The molecule has 0 aromatic carbocycles. The molecule has 2 atom stereocenters. The van der Waals surface area contributed by atoms with E-state index < -0.39 is 5.60 Å². The van der Waals surface area contributed by atoms with Crippen LogP contribution < -0.4 is 5.32 Å². The lowest BCUT2D eigenvalue weighted by atomic mass is 9.84. The quantitative estimate of drug-likeness (QED) is 0.857. The zero-order valence-electron chi connectivity index (χ0n) is 13.3. The lowest BCUT2D eigenvalue weighted by molar-refractivity contribution is 0.00824. The number of nitrogens with zero attached hydrogens (tertiary/aromatic N) is 1. The van der Waals surface area contributed by atoms with Gasteiger partial charge in [0.15, 0.2) is 0 Å². The molecule has 0 aromatic rings. The van der Waals surface area contributed by atoms with Gasteiger partial charge in [0.1, 0.15) is 5.60 Å². The van der Waals surface area contributed by atoms with Gasteiger partial charge in [-0.05, 0) is 58.5 Å².